The van der Waals surface area contributed by atoms with Gasteiger partial charge in [-0.1, -0.05) is 19.1 Å². The molecule has 0 fully saturated rings. The monoisotopic (exact) mass is 267 g/mol. The average Bonchev–Trinajstić information content (AvgIpc) is 2.45. The van der Waals surface area contributed by atoms with Crippen molar-refractivity contribution in [3.05, 3.63) is 29.8 Å². The molecule has 0 aliphatic carbocycles. The molecular formula is C15H25NO3. The standard InChI is InChI=1S/C15H25NO3/c1-3-14(12-17)16-11-13-6-5-7-15(10-13)19-9-8-18-4-2/h5-7,10,14,16-17H,3-4,8-9,11-12H2,1-2H3. The van der Waals surface area contributed by atoms with Gasteiger partial charge >= 0.3 is 0 Å². The van der Waals surface area contributed by atoms with E-state index in [0.29, 0.717) is 19.8 Å². The van der Waals surface area contributed by atoms with Crippen LogP contribution >= 0.6 is 0 Å². The lowest BCUT2D eigenvalue weighted by atomic mass is 10.2. The van der Waals surface area contributed by atoms with Gasteiger partial charge in [-0.25, -0.2) is 0 Å². The molecule has 4 nitrogen and oxygen atoms in total. The minimum atomic E-state index is 0.155. The first-order valence-corrected chi connectivity index (χ1v) is 6.93. The van der Waals surface area contributed by atoms with Crippen molar-refractivity contribution in [3.63, 3.8) is 0 Å². The van der Waals surface area contributed by atoms with Crippen LogP contribution in [0, 0.1) is 0 Å². The van der Waals surface area contributed by atoms with Gasteiger partial charge in [0, 0.05) is 19.2 Å². The third-order valence-electron chi connectivity index (χ3n) is 2.91. The number of aliphatic hydroxyl groups is 1. The van der Waals surface area contributed by atoms with Gasteiger partial charge in [0.15, 0.2) is 0 Å². The quantitative estimate of drug-likeness (QED) is 0.636. The van der Waals surface area contributed by atoms with Crippen LogP contribution in [0.3, 0.4) is 0 Å². The van der Waals surface area contributed by atoms with Gasteiger partial charge in [-0.05, 0) is 31.0 Å². The summed E-state index contributed by atoms with van der Waals surface area (Å²) in [4.78, 5) is 0. The lowest BCUT2D eigenvalue weighted by molar-refractivity contribution is 0.110. The summed E-state index contributed by atoms with van der Waals surface area (Å²) in [7, 11) is 0. The molecule has 1 aromatic carbocycles. The van der Waals surface area contributed by atoms with E-state index in [2.05, 4.69) is 12.2 Å². The molecule has 0 aliphatic rings. The molecule has 4 heteroatoms. The SMILES string of the molecule is CCOCCOc1cccc(CNC(CC)CO)c1. The van der Waals surface area contributed by atoms with Gasteiger partial charge in [-0.3, -0.25) is 0 Å². The van der Waals surface area contributed by atoms with Crippen LogP contribution in [0.1, 0.15) is 25.8 Å². The van der Waals surface area contributed by atoms with Crippen molar-refractivity contribution in [3.8, 4) is 5.75 Å². The van der Waals surface area contributed by atoms with Crippen LogP contribution in [0.2, 0.25) is 0 Å². The Morgan fingerprint density at radius 3 is 2.79 bits per heavy atom. The zero-order valence-electron chi connectivity index (χ0n) is 11.9. The van der Waals surface area contributed by atoms with Crippen molar-refractivity contribution < 1.29 is 14.6 Å². The topological polar surface area (TPSA) is 50.7 Å². The highest BCUT2D eigenvalue weighted by Crippen LogP contribution is 2.13. The second kappa shape index (κ2) is 9.78. The van der Waals surface area contributed by atoms with E-state index in [1.165, 1.54) is 0 Å². The van der Waals surface area contributed by atoms with E-state index in [-0.39, 0.29) is 12.6 Å². The Bertz CT molecular complexity index is 340. The molecule has 1 aromatic rings. The van der Waals surface area contributed by atoms with Crippen molar-refractivity contribution in [2.24, 2.45) is 0 Å². The fourth-order valence-corrected chi connectivity index (χ4v) is 1.71. The van der Waals surface area contributed by atoms with Gasteiger partial charge in [0.25, 0.3) is 0 Å². The molecule has 0 spiro atoms. The molecule has 1 rings (SSSR count). The molecule has 0 radical (unpaired) electrons. The maximum atomic E-state index is 9.12. The Morgan fingerprint density at radius 2 is 2.11 bits per heavy atom. The first-order chi connectivity index (χ1) is 9.30. The predicted octanol–water partition coefficient (Wildman–Crippen LogP) is 1.96. The molecular weight excluding hydrogens is 242 g/mol. The van der Waals surface area contributed by atoms with Gasteiger partial charge in [0.1, 0.15) is 12.4 Å². The van der Waals surface area contributed by atoms with Crippen LogP contribution in [0.15, 0.2) is 24.3 Å². The number of benzene rings is 1. The molecule has 0 amide bonds. The third kappa shape index (κ3) is 6.57. The second-order valence-electron chi connectivity index (χ2n) is 4.36. The first-order valence-electron chi connectivity index (χ1n) is 6.93. The maximum Gasteiger partial charge on any atom is 0.119 e. The molecule has 0 heterocycles. The van der Waals surface area contributed by atoms with E-state index < -0.39 is 0 Å². The third-order valence-corrected chi connectivity index (χ3v) is 2.91. The van der Waals surface area contributed by atoms with Crippen molar-refractivity contribution in [2.45, 2.75) is 32.9 Å². The summed E-state index contributed by atoms with van der Waals surface area (Å²) >= 11 is 0. The molecule has 0 saturated heterocycles. The van der Waals surface area contributed by atoms with E-state index in [1.54, 1.807) is 0 Å². The summed E-state index contributed by atoms with van der Waals surface area (Å²) in [5, 5.41) is 12.4. The fraction of sp³-hybridized carbons (Fsp3) is 0.600. The number of ether oxygens (including phenoxy) is 2. The highest BCUT2D eigenvalue weighted by Gasteiger charge is 2.04. The Morgan fingerprint density at radius 1 is 1.26 bits per heavy atom. The number of rotatable bonds is 10. The predicted molar refractivity (Wildman–Crippen MR) is 76.4 cm³/mol. The van der Waals surface area contributed by atoms with Gasteiger partial charge in [0.2, 0.25) is 0 Å². The molecule has 0 saturated carbocycles. The van der Waals surface area contributed by atoms with Gasteiger partial charge in [-0.15, -0.1) is 0 Å². The number of nitrogens with one attached hydrogen (secondary N) is 1. The zero-order valence-corrected chi connectivity index (χ0v) is 11.9. The zero-order chi connectivity index (χ0) is 13.9. The summed E-state index contributed by atoms with van der Waals surface area (Å²) in [5.74, 6) is 0.857. The van der Waals surface area contributed by atoms with Crippen molar-refractivity contribution in [1.82, 2.24) is 5.32 Å². The fourth-order valence-electron chi connectivity index (χ4n) is 1.71. The van der Waals surface area contributed by atoms with Crippen LogP contribution < -0.4 is 10.1 Å². The van der Waals surface area contributed by atoms with Crippen LogP contribution in [-0.4, -0.2) is 37.6 Å². The molecule has 0 aromatic heterocycles. The largest absolute Gasteiger partial charge is 0.491 e. The van der Waals surface area contributed by atoms with E-state index in [0.717, 1.165) is 24.3 Å². The van der Waals surface area contributed by atoms with E-state index in [1.807, 2.05) is 31.2 Å². The normalized spacial score (nSPS) is 12.4. The molecule has 2 N–H and O–H groups in total. The van der Waals surface area contributed by atoms with Crippen LogP contribution in [0.5, 0.6) is 5.75 Å². The molecule has 19 heavy (non-hydrogen) atoms. The van der Waals surface area contributed by atoms with E-state index in [4.69, 9.17) is 14.6 Å². The molecule has 0 bridgehead atoms. The smallest absolute Gasteiger partial charge is 0.119 e. The highest BCUT2D eigenvalue weighted by atomic mass is 16.5. The minimum Gasteiger partial charge on any atom is -0.491 e. The Kier molecular flexibility index (Phi) is 8.21. The summed E-state index contributed by atoms with van der Waals surface area (Å²) < 4.78 is 10.8. The van der Waals surface area contributed by atoms with Crippen LogP contribution in [0.4, 0.5) is 0 Å². The average molecular weight is 267 g/mol. The van der Waals surface area contributed by atoms with E-state index >= 15 is 0 Å². The van der Waals surface area contributed by atoms with Crippen LogP contribution in [0.25, 0.3) is 0 Å². The summed E-state index contributed by atoms with van der Waals surface area (Å²) in [6.07, 6.45) is 0.918. The lowest BCUT2D eigenvalue weighted by Crippen LogP contribution is -2.31. The minimum absolute atomic E-state index is 0.155. The van der Waals surface area contributed by atoms with Crippen molar-refractivity contribution in [1.29, 1.82) is 0 Å². The molecule has 1 unspecified atom stereocenters. The van der Waals surface area contributed by atoms with Gasteiger partial charge in [0.05, 0.1) is 13.2 Å². The number of hydrogen-bond donors (Lipinski definition) is 2. The number of hydrogen-bond acceptors (Lipinski definition) is 4. The van der Waals surface area contributed by atoms with Gasteiger partial charge < -0.3 is 19.9 Å². The van der Waals surface area contributed by atoms with E-state index in [9.17, 15) is 0 Å². The van der Waals surface area contributed by atoms with Crippen molar-refractivity contribution >= 4 is 0 Å². The Balaban J connectivity index is 2.38. The first kappa shape index (κ1) is 16.0. The molecule has 1 atom stereocenters. The van der Waals surface area contributed by atoms with Crippen molar-refractivity contribution in [2.75, 3.05) is 26.4 Å². The summed E-state index contributed by atoms with van der Waals surface area (Å²) in [6, 6.07) is 8.14. The Hall–Kier alpha value is -1.10. The van der Waals surface area contributed by atoms with Crippen LogP contribution in [-0.2, 0) is 11.3 Å². The summed E-state index contributed by atoms with van der Waals surface area (Å²) in [6.45, 7) is 6.83. The Labute approximate surface area is 115 Å². The lowest BCUT2D eigenvalue weighted by Gasteiger charge is -2.14. The maximum absolute atomic E-state index is 9.12. The van der Waals surface area contributed by atoms with Gasteiger partial charge in [-0.2, -0.15) is 0 Å². The highest BCUT2D eigenvalue weighted by molar-refractivity contribution is 5.28. The number of aliphatic hydroxyl groups excluding tert-OH is 1. The molecule has 108 valence electrons. The molecule has 0 aliphatic heterocycles. The summed E-state index contributed by atoms with van der Waals surface area (Å²) in [5.41, 5.74) is 1.15. The second-order valence-corrected chi connectivity index (χ2v) is 4.36.